The molecule has 2 rings (SSSR count). The molecule has 0 radical (unpaired) electrons. The molecule has 5 N–H and O–H groups in total. The number of amides is 2. The van der Waals surface area contributed by atoms with Gasteiger partial charge >= 0.3 is 12.2 Å². The highest BCUT2D eigenvalue weighted by atomic mass is 35.5. The minimum Gasteiger partial charge on any atom is -0.489 e. The first-order valence-corrected chi connectivity index (χ1v) is 10.1. The van der Waals surface area contributed by atoms with Gasteiger partial charge < -0.3 is 15.4 Å². The molecule has 0 bridgehead atoms. The molecule has 0 heterocycles. The number of hydrazine groups is 1. The molecule has 2 aromatic rings. The number of ether oxygens (including phenoxy) is 1. The normalized spacial score (nSPS) is 12.0. The van der Waals surface area contributed by atoms with Crippen molar-refractivity contribution in [3.8, 4) is 5.75 Å². The second-order valence-corrected chi connectivity index (χ2v) is 7.58. The molecule has 0 spiro atoms. The number of carbonyl (C=O) groups excluding carboxylic acids is 1. The van der Waals surface area contributed by atoms with E-state index >= 15 is 0 Å². The fourth-order valence-corrected chi connectivity index (χ4v) is 3.05. The number of nitrogens with zero attached hydrogens (tertiary/aromatic N) is 1. The molecule has 0 unspecified atom stereocenters. The molecule has 0 saturated heterocycles. The number of anilines is 1. The molecular weight excluding hydrogens is 459 g/mol. The van der Waals surface area contributed by atoms with E-state index in [1.165, 1.54) is 19.2 Å². The first kappa shape index (κ1) is 26.0. The Bertz CT molecular complexity index is 1080. The number of halogens is 4. The van der Waals surface area contributed by atoms with Crippen molar-refractivity contribution < 1.29 is 22.7 Å². The van der Waals surface area contributed by atoms with Gasteiger partial charge in [-0.05, 0) is 49.7 Å². The van der Waals surface area contributed by atoms with Crippen LogP contribution in [-0.2, 0) is 12.8 Å². The van der Waals surface area contributed by atoms with Crippen LogP contribution < -0.4 is 21.2 Å². The summed E-state index contributed by atoms with van der Waals surface area (Å²) in [5, 5.41) is 14.5. The van der Waals surface area contributed by atoms with Crippen LogP contribution in [0.3, 0.4) is 0 Å². The number of allylic oxidation sites excluding steroid dienone is 1. The van der Waals surface area contributed by atoms with Crippen molar-refractivity contribution in [1.82, 2.24) is 10.3 Å². The summed E-state index contributed by atoms with van der Waals surface area (Å²) in [6, 6.07) is 7.54. The number of nitrogens with one attached hydrogen (secondary N) is 3. The lowest BCUT2D eigenvalue weighted by Crippen LogP contribution is -2.37. The topological polar surface area (TPSA) is 103 Å². The van der Waals surface area contributed by atoms with Crippen molar-refractivity contribution in [2.75, 3.05) is 19.4 Å². The molecule has 7 nitrogen and oxygen atoms in total. The largest absolute Gasteiger partial charge is 0.489 e. The van der Waals surface area contributed by atoms with Gasteiger partial charge in [-0.1, -0.05) is 17.7 Å². The molecule has 0 fully saturated rings. The highest BCUT2D eigenvalue weighted by Gasteiger charge is 2.34. The van der Waals surface area contributed by atoms with Crippen LogP contribution >= 0.6 is 11.6 Å². The average Bonchev–Trinajstić information content (AvgIpc) is 2.76. The number of rotatable bonds is 7. The monoisotopic (exact) mass is 483 g/mol. The fraction of sp³-hybridized carbons (Fsp3) is 0.273. The van der Waals surface area contributed by atoms with E-state index in [4.69, 9.17) is 27.6 Å². The molecule has 33 heavy (non-hydrogen) atoms. The summed E-state index contributed by atoms with van der Waals surface area (Å²) in [7, 11) is 2.91. The number of nitrogens with two attached hydrogens (primary N) is 1. The van der Waals surface area contributed by atoms with Crippen molar-refractivity contribution >= 4 is 29.0 Å². The summed E-state index contributed by atoms with van der Waals surface area (Å²) in [4.78, 5) is 11.9. The number of hydrogen-bond acceptors (Lipinski definition) is 5. The zero-order chi connectivity index (χ0) is 24.9. The van der Waals surface area contributed by atoms with E-state index in [1.807, 2.05) is 0 Å². The lowest BCUT2D eigenvalue weighted by molar-refractivity contribution is -0.138. The molecular formula is C22H25ClF3N5O2. The molecule has 2 aromatic carbocycles. The maximum atomic E-state index is 13.6. The van der Waals surface area contributed by atoms with Gasteiger partial charge in [0.15, 0.2) is 0 Å². The van der Waals surface area contributed by atoms with E-state index in [1.54, 1.807) is 39.1 Å². The van der Waals surface area contributed by atoms with E-state index in [-0.39, 0.29) is 17.0 Å². The van der Waals surface area contributed by atoms with E-state index < -0.39 is 24.4 Å². The highest BCUT2D eigenvalue weighted by Crippen LogP contribution is 2.36. The van der Waals surface area contributed by atoms with Gasteiger partial charge in [-0.3, -0.25) is 10.4 Å². The van der Waals surface area contributed by atoms with E-state index in [0.29, 0.717) is 27.6 Å². The standard InChI is InChI=1S/C22H25ClF3N5O2/c1-12-10-14(19(27)13(2)20(23)29-3)8-9-18(12)33-11-15-16(22(24,25)26)6-5-7-17(15)30-21(32)31(4)28/h5-10,27,29H,11,28H2,1-4H3,(H,30,32)/b20-13-,27-19?. The zero-order valence-corrected chi connectivity index (χ0v) is 19.3. The molecule has 0 aliphatic heterocycles. The van der Waals surface area contributed by atoms with Crippen LogP contribution in [0, 0.1) is 12.3 Å². The van der Waals surface area contributed by atoms with Crippen molar-refractivity contribution in [2.45, 2.75) is 26.6 Å². The summed E-state index contributed by atoms with van der Waals surface area (Å²) in [6.07, 6.45) is -4.65. The second kappa shape index (κ2) is 10.6. The zero-order valence-electron chi connectivity index (χ0n) is 18.5. The summed E-state index contributed by atoms with van der Waals surface area (Å²) < 4.78 is 46.5. The summed E-state index contributed by atoms with van der Waals surface area (Å²) in [6.45, 7) is 2.96. The third kappa shape index (κ3) is 6.39. The molecule has 0 aromatic heterocycles. The molecule has 0 aliphatic rings. The van der Waals surface area contributed by atoms with Gasteiger partial charge in [0.2, 0.25) is 0 Å². The molecule has 0 saturated carbocycles. The minimum absolute atomic E-state index is 0.0642. The fourth-order valence-electron chi connectivity index (χ4n) is 2.96. The first-order valence-electron chi connectivity index (χ1n) is 9.72. The summed E-state index contributed by atoms with van der Waals surface area (Å²) >= 11 is 6.04. The smallest absolute Gasteiger partial charge is 0.416 e. The third-order valence-corrected chi connectivity index (χ3v) is 5.28. The predicted molar refractivity (Wildman–Crippen MR) is 122 cm³/mol. The average molecular weight is 484 g/mol. The Morgan fingerprint density at radius 1 is 1.27 bits per heavy atom. The minimum atomic E-state index is -4.65. The summed E-state index contributed by atoms with van der Waals surface area (Å²) in [5.41, 5.74) is 0.682. The lowest BCUT2D eigenvalue weighted by Gasteiger charge is -2.20. The van der Waals surface area contributed by atoms with Gasteiger partial charge in [-0.25, -0.2) is 10.6 Å². The van der Waals surface area contributed by atoms with Gasteiger partial charge in [0.25, 0.3) is 0 Å². The Balaban J connectivity index is 2.35. The Kier molecular flexibility index (Phi) is 8.34. The van der Waals surface area contributed by atoms with Crippen LogP contribution in [0.15, 0.2) is 47.1 Å². The Hall–Kier alpha value is -3.24. The molecule has 2 amide bonds. The highest BCUT2D eigenvalue weighted by molar-refractivity contribution is 6.32. The van der Waals surface area contributed by atoms with Crippen LogP contribution in [0.25, 0.3) is 0 Å². The number of alkyl halides is 3. The molecule has 0 aliphatic carbocycles. The number of urea groups is 1. The van der Waals surface area contributed by atoms with Crippen molar-refractivity contribution in [2.24, 2.45) is 5.84 Å². The first-order chi connectivity index (χ1) is 15.4. The van der Waals surface area contributed by atoms with Crippen molar-refractivity contribution in [1.29, 1.82) is 5.41 Å². The van der Waals surface area contributed by atoms with Gasteiger partial charge in [0.05, 0.1) is 11.3 Å². The number of carbonyl (C=O) groups is 1. The van der Waals surface area contributed by atoms with E-state index in [2.05, 4.69) is 10.6 Å². The predicted octanol–water partition coefficient (Wildman–Crippen LogP) is 4.99. The maximum Gasteiger partial charge on any atom is 0.416 e. The van der Waals surface area contributed by atoms with Crippen LogP contribution in [0.4, 0.5) is 23.7 Å². The SMILES string of the molecule is CN/C(Cl)=C(/C)C(=N)c1ccc(OCc2c(NC(=O)N(C)N)cccc2C(F)(F)F)c(C)c1. The van der Waals surface area contributed by atoms with Gasteiger partial charge in [-0.2, -0.15) is 13.2 Å². The molecule has 11 heteroatoms. The maximum absolute atomic E-state index is 13.6. The second-order valence-electron chi connectivity index (χ2n) is 7.20. The van der Waals surface area contributed by atoms with Crippen LogP contribution in [0.1, 0.15) is 29.2 Å². The Morgan fingerprint density at radius 3 is 2.48 bits per heavy atom. The Morgan fingerprint density at radius 2 is 1.94 bits per heavy atom. The molecule has 0 atom stereocenters. The van der Waals surface area contributed by atoms with Crippen molar-refractivity contribution in [3.05, 3.63) is 69.4 Å². The third-order valence-electron chi connectivity index (χ3n) is 4.80. The number of benzene rings is 2. The van der Waals surface area contributed by atoms with E-state index in [0.717, 1.165) is 11.1 Å². The van der Waals surface area contributed by atoms with Gasteiger partial charge in [-0.15, -0.1) is 0 Å². The number of hydrogen-bond donors (Lipinski definition) is 4. The lowest BCUT2D eigenvalue weighted by atomic mass is 10.0. The quantitative estimate of drug-likeness (QED) is 0.146. The van der Waals surface area contributed by atoms with Gasteiger partial charge in [0, 0.05) is 36.5 Å². The number of aryl methyl sites for hydroxylation is 1. The summed E-state index contributed by atoms with van der Waals surface area (Å²) in [5.74, 6) is 5.70. The van der Waals surface area contributed by atoms with Gasteiger partial charge in [0.1, 0.15) is 17.5 Å². The van der Waals surface area contributed by atoms with Crippen molar-refractivity contribution in [3.63, 3.8) is 0 Å². The van der Waals surface area contributed by atoms with Crippen LogP contribution in [0.5, 0.6) is 5.75 Å². The molecule has 178 valence electrons. The van der Waals surface area contributed by atoms with Crippen LogP contribution in [0.2, 0.25) is 0 Å². The van der Waals surface area contributed by atoms with E-state index in [9.17, 15) is 18.0 Å². The Labute approximate surface area is 194 Å². The van der Waals surface area contributed by atoms with Crippen LogP contribution in [-0.4, -0.2) is 30.8 Å².